The van der Waals surface area contributed by atoms with E-state index in [1.165, 1.54) is 24.0 Å². The SMILES string of the molecule is CC(C)c1cc(C#CC2CC2)ccc1-c1cn(CC2CCOCC2)nn1. The molecule has 4 nitrogen and oxygen atoms in total. The third kappa shape index (κ3) is 4.16. The van der Waals surface area contributed by atoms with Gasteiger partial charge in [0.1, 0.15) is 5.69 Å². The van der Waals surface area contributed by atoms with Crippen LogP contribution in [0, 0.1) is 23.7 Å². The van der Waals surface area contributed by atoms with Crippen LogP contribution in [0.1, 0.15) is 56.6 Å². The second-order valence-electron chi connectivity index (χ2n) is 7.88. The Hall–Kier alpha value is -2.12. The van der Waals surface area contributed by atoms with Crippen molar-refractivity contribution in [3.05, 3.63) is 35.5 Å². The summed E-state index contributed by atoms with van der Waals surface area (Å²) in [5.74, 6) is 8.39. The van der Waals surface area contributed by atoms with E-state index in [0.29, 0.717) is 17.8 Å². The first kappa shape index (κ1) is 17.3. The molecule has 1 aromatic heterocycles. The van der Waals surface area contributed by atoms with Gasteiger partial charge in [0, 0.05) is 36.8 Å². The number of hydrogen-bond donors (Lipinski definition) is 0. The Bertz CT molecular complexity index is 817. The first-order valence-corrected chi connectivity index (χ1v) is 9.83. The number of nitrogens with zero attached hydrogens (tertiary/aromatic N) is 3. The van der Waals surface area contributed by atoms with E-state index >= 15 is 0 Å². The lowest BCUT2D eigenvalue weighted by Crippen LogP contribution is -2.20. The molecular formula is C22H27N3O. The van der Waals surface area contributed by atoms with Gasteiger partial charge < -0.3 is 4.74 Å². The summed E-state index contributed by atoms with van der Waals surface area (Å²) in [5, 5.41) is 8.83. The van der Waals surface area contributed by atoms with Gasteiger partial charge in [0.25, 0.3) is 0 Å². The minimum absolute atomic E-state index is 0.424. The number of hydrogen-bond acceptors (Lipinski definition) is 3. The van der Waals surface area contributed by atoms with Crippen LogP contribution in [-0.2, 0) is 11.3 Å². The molecule has 1 aliphatic heterocycles. The molecule has 0 bridgehead atoms. The molecule has 2 heterocycles. The summed E-state index contributed by atoms with van der Waals surface area (Å²) in [4.78, 5) is 0. The predicted octanol–water partition coefficient (Wildman–Crippen LogP) is 4.26. The van der Waals surface area contributed by atoms with Crippen molar-refractivity contribution in [3.8, 4) is 23.1 Å². The van der Waals surface area contributed by atoms with E-state index in [-0.39, 0.29) is 0 Å². The van der Waals surface area contributed by atoms with Crippen molar-refractivity contribution in [1.82, 2.24) is 15.0 Å². The standard InChI is InChI=1S/C22H27N3O/c1-16(2)21-13-18(6-5-17-3-4-17)7-8-20(21)22-15-25(24-23-22)14-19-9-11-26-12-10-19/h7-8,13,15-17,19H,3-4,9-12,14H2,1-2H3. The zero-order valence-corrected chi connectivity index (χ0v) is 15.7. The highest BCUT2D eigenvalue weighted by atomic mass is 16.5. The summed E-state index contributed by atoms with van der Waals surface area (Å²) in [5.41, 5.74) is 4.54. The van der Waals surface area contributed by atoms with Crippen LogP contribution in [0.5, 0.6) is 0 Å². The van der Waals surface area contributed by atoms with Crippen LogP contribution in [0.15, 0.2) is 24.4 Å². The highest BCUT2D eigenvalue weighted by molar-refractivity contribution is 5.65. The maximum Gasteiger partial charge on any atom is 0.113 e. The summed E-state index contributed by atoms with van der Waals surface area (Å²) < 4.78 is 7.44. The zero-order chi connectivity index (χ0) is 17.9. The molecule has 2 fully saturated rings. The summed E-state index contributed by atoms with van der Waals surface area (Å²) in [6.07, 6.45) is 6.84. The van der Waals surface area contributed by atoms with Gasteiger partial charge in [0.05, 0.1) is 6.20 Å². The van der Waals surface area contributed by atoms with Gasteiger partial charge >= 0.3 is 0 Å². The maximum atomic E-state index is 5.45. The van der Waals surface area contributed by atoms with Crippen LogP contribution in [0.3, 0.4) is 0 Å². The van der Waals surface area contributed by atoms with E-state index in [1.54, 1.807) is 0 Å². The Kier molecular flexibility index (Phi) is 5.08. The Morgan fingerprint density at radius 2 is 2.00 bits per heavy atom. The molecule has 4 heteroatoms. The van der Waals surface area contributed by atoms with Gasteiger partial charge in [-0.2, -0.15) is 0 Å². The van der Waals surface area contributed by atoms with Crippen molar-refractivity contribution in [2.75, 3.05) is 13.2 Å². The third-order valence-electron chi connectivity index (χ3n) is 5.27. The third-order valence-corrected chi connectivity index (χ3v) is 5.27. The molecule has 2 aromatic rings. The molecule has 1 aliphatic carbocycles. The quantitative estimate of drug-likeness (QED) is 0.775. The summed E-state index contributed by atoms with van der Waals surface area (Å²) >= 11 is 0. The van der Waals surface area contributed by atoms with Crippen molar-refractivity contribution in [1.29, 1.82) is 0 Å². The molecule has 26 heavy (non-hydrogen) atoms. The molecule has 136 valence electrons. The van der Waals surface area contributed by atoms with Crippen molar-refractivity contribution in [2.45, 2.75) is 52.0 Å². The molecule has 0 spiro atoms. The molecule has 0 unspecified atom stereocenters. The van der Waals surface area contributed by atoms with Gasteiger partial charge in [-0.15, -0.1) is 5.10 Å². The summed E-state index contributed by atoms with van der Waals surface area (Å²) in [6.45, 7) is 7.12. The number of ether oxygens (including phenoxy) is 1. The van der Waals surface area contributed by atoms with Crippen LogP contribution < -0.4 is 0 Å². The fourth-order valence-corrected chi connectivity index (χ4v) is 3.47. The van der Waals surface area contributed by atoms with E-state index in [9.17, 15) is 0 Å². The number of rotatable bonds is 4. The molecule has 2 aliphatic rings. The van der Waals surface area contributed by atoms with Crippen molar-refractivity contribution in [2.24, 2.45) is 11.8 Å². The van der Waals surface area contributed by atoms with Crippen LogP contribution in [0.25, 0.3) is 11.3 Å². The lowest BCUT2D eigenvalue weighted by molar-refractivity contribution is 0.0600. The average Bonchev–Trinajstić information content (AvgIpc) is 3.38. The van der Waals surface area contributed by atoms with Gasteiger partial charge in [0.2, 0.25) is 0 Å². The van der Waals surface area contributed by atoms with Gasteiger partial charge in [-0.1, -0.05) is 37.0 Å². The lowest BCUT2D eigenvalue weighted by Gasteiger charge is -2.21. The monoisotopic (exact) mass is 349 g/mol. The van der Waals surface area contributed by atoms with Crippen LogP contribution in [0.2, 0.25) is 0 Å². The minimum atomic E-state index is 0.424. The highest BCUT2D eigenvalue weighted by Gasteiger charge is 2.19. The molecule has 0 atom stereocenters. The van der Waals surface area contributed by atoms with Gasteiger partial charge in [-0.25, -0.2) is 0 Å². The van der Waals surface area contributed by atoms with Crippen molar-refractivity contribution >= 4 is 0 Å². The van der Waals surface area contributed by atoms with Gasteiger partial charge in [0.15, 0.2) is 0 Å². The molecular weight excluding hydrogens is 322 g/mol. The van der Waals surface area contributed by atoms with Crippen LogP contribution in [0.4, 0.5) is 0 Å². The van der Waals surface area contributed by atoms with Gasteiger partial charge in [-0.05, 0) is 55.2 Å². The second kappa shape index (κ2) is 7.63. The molecule has 0 radical (unpaired) electrons. The fraction of sp³-hybridized carbons (Fsp3) is 0.545. The van der Waals surface area contributed by atoms with E-state index in [0.717, 1.165) is 43.9 Å². The summed E-state index contributed by atoms with van der Waals surface area (Å²) in [6, 6.07) is 6.51. The zero-order valence-electron chi connectivity index (χ0n) is 15.7. The number of benzene rings is 1. The minimum Gasteiger partial charge on any atom is -0.381 e. The second-order valence-corrected chi connectivity index (χ2v) is 7.88. The molecule has 1 aromatic carbocycles. The highest BCUT2D eigenvalue weighted by Crippen LogP contribution is 2.30. The van der Waals surface area contributed by atoms with Crippen LogP contribution >= 0.6 is 0 Å². The Labute approximate surface area is 155 Å². The molecule has 0 amide bonds. The maximum absolute atomic E-state index is 5.45. The van der Waals surface area contributed by atoms with Gasteiger partial charge in [-0.3, -0.25) is 4.68 Å². The Balaban J connectivity index is 1.55. The fourth-order valence-electron chi connectivity index (χ4n) is 3.47. The Morgan fingerprint density at radius 1 is 1.19 bits per heavy atom. The summed E-state index contributed by atoms with van der Waals surface area (Å²) in [7, 11) is 0. The van der Waals surface area contributed by atoms with E-state index in [2.05, 4.69) is 60.4 Å². The molecule has 1 saturated heterocycles. The first-order chi connectivity index (χ1) is 12.7. The van der Waals surface area contributed by atoms with Crippen molar-refractivity contribution in [3.63, 3.8) is 0 Å². The Morgan fingerprint density at radius 3 is 2.73 bits per heavy atom. The van der Waals surface area contributed by atoms with E-state index in [1.807, 2.05) is 4.68 Å². The average molecular weight is 349 g/mol. The van der Waals surface area contributed by atoms with E-state index in [4.69, 9.17) is 4.74 Å². The largest absolute Gasteiger partial charge is 0.381 e. The molecule has 1 saturated carbocycles. The van der Waals surface area contributed by atoms with Crippen LogP contribution in [-0.4, -0.2) is 28.2 Å². The first-order valence-electron chi connectivity index (χ1n) is 9.83. The normalized spacial score (nSPS) is 18.0. The number of aromatic nitrogens is 3. The topological polar surface area (TPSA) is 39.9 Å². The molecule has 0 N–H and O–H groups in total. The lowest BCUT2D eigenvalue weighted by atomic mass is 9.93. The van der Waals surface area contributed by atoms with Crippen molar-refractivity contribution < 1.29 is 4.74 Å². The predicted molar refractivity (Wildman–Crippen MR) is 103 cm³/mol. The smallest absolute Gasteiger partial charge is 0.113 e. The molecule has 4 rings (SSSR count). The van der Waals surface area contributed by atoms with E-state index < -0.39 is 0 Å².